The van der Waals surface area contributed by atoms with Crippen LogP contribution in [-0.2, 0) is 14.8 Å². The second-order valence-electron chi connectivity index (χ2n) is 7.00. The summed E-state index contributed by atoms with van der Waals surface area (Å²) in [4.78, 5) is 14.7. The van der Waals surface area contributed by atoms with Gasteiger partial charge in [0, 0.05) is 18.7 Å². The summed E-state index contributed by atoms with van der Waals surface area (Å²) in [6.45, 7) is 1.99. The number of sulfonamides is 1. The number of methoxy groups -OCH3 is 1. The van der Waals surface area contributed by atoms with Crippen molar-refractivity contribution in [1.29, 1.82) is 0 Å². The number of benzene rings is 2. The van der Waals surface area contributed by atoms with E-state index in [2.05, 4.69) is 5.10 Å². The summed E-state index contributed by atoms with van der Waals surface area (Å²) in [5.41, 5.74) is 2.34. The van der Waals surface area contributed by atoms with Crippen molar-refractivity contribution in [3.63, 3.8) is 0 Å². The monoisotopic (exact) mass is 442 g/mol. The first-order valence-electron chi connectivity index (χ1n) is 9.61. The minimum Gasteiger partial charge on any atom is -0.497 e. The number of hydrogen-bond acceptors (Lipinski definition) is 6. The molecule has 0 atom stereocenters. The number of rotatable bonds is 5. The maximum Gasteiger partial charge on any atom is 0.274 e. The number of carbonyl (C=O) groups excluding carboxylic acids is 1. The molecule has 0 saturated carbocycles. The van der Waals surface area contributed by atoms with Crippen LogP contribution in [0.4, 0.5) is 0 Å². The SMILES string of the molecule is COc1cccc(-c2cc(C(=O)N3CCOCC3)nn2-c2ccc(S(N)(=O)=O)cc2)c1. The van der Waals surface area contributed by atoms with Crippen molar-refractivity contribution >= 4 is 15.9 Å². The van der Waals surface area contributed by atoms with Gasteiger partial charge >= 0.3 is 0 Å². The maximum absolute atomic E-state index is 13.0. The maximum atomic E-state index is 13.0. The fraction of sp³-hybridized carbons (Fsp3) is 0.238. The second kappa shape index (κ2) is 8.50. The first-order valence-corrected chi connectivity index (χ1v) is 11.2. The molecule has 10 heteroatoms. The highest BCUT2D eigenvalue weighted by molar-refractivity contribution is 7.89. The van der Waals surface area contributed by atoms with E-state index in [1.807, 2.05) is 24.3 Å². The molecule has 4 rings (SSSR count). The van der Waals surface area contributed by atoms with Crippen LogP contribution in [0.5, 0.6) is 5.75 Å². The number of morpholine rings is 1. The molecule has 2 aromatic carbocycles. The molecule has 0 radical (unpaired) electrons. The number of primary sulfonamides is 1. The van der Waals surface area contributed by atoms with E-state index < -0.39 is 10.0 Å². The predicted octanol–water partition coefficient (Wildman–Crippen LogP) is 1.67. The van der Waals surface area contributed by atoms with Crippen molar-refractivity contribution in [2.45, 2.75) is 4.90 Å². The Kier molecular flexibility index (Phi) is 5.77. The molecular weight excluding hydrogens is 420 g/mol. The van der Waals surface area contributed by atoms with Gasteiger partial charge in [-0.25, -0.2) is 18.2 Å². The van der Waals surface area contributed by atoms with Gasteiger partial charge in [-0.3, -0.25) is 4.79 Å². The number of amides is 1. The van der Waals surface area contributed by atoms with E-state index in [4.69, 9.17) is 14.6 Å². The molecular formula is C21H22N4O5S. The lowest BCUT2D eigenvalue weighted by atomic mass is 10.1. The molecule has 0 aliphatic carbocycles. The molecule has 9 nitrogen and oxygen atoms in total. The Hall–Kier alpha value is -3.21. The molecule has 2 heterocycles. The lowest BCUT2D eigenvalue weighted by molar-refractivity contribution is 0.0298. The van der Waals surface area contributed by atoms with Crippen LogP contribution >= 0.6 is 0 Å². The highest BCUT2D eigenvalue weighted by Gasteiger charge is 2.23. The van der Waals surface area contributed by atoms with E-state index in [0.29, 0.717) is 43.4 Å². The molecule has 1 aliphatic rings. The van der Waals surface area contributed by atoms with E-state index in [1.165, 1.54) is 12.1 Å². The van der Waals surface area contributed by atoms with E-state index >= 15 is 0 Å². The molecule has 1 aromatic heterocycles. The fourth-order valence-corrected chi connectivity index (χ4v) is 3.89. The fourth-order valence-electron chi connectivity index (χ4n) is 3.38. The smallest absolute Gasteiger partial charge is 0.274 e. The van der Waals surface area contributed by atoms with Crippen LogP contribution in [0.15, 0.2) is 59.5 Å². The largest absolute Gasteiger partial charge is 0.497 e. The van der Waals surface area contributed by atoms with Crippen molar-refractivity contribution < 1.29 is 22.7 Å². The van der Waals surface area contributed by atoms with Gasteiger partial charge in [0.25, 0.3) is 5.91 Å². The van der Waals surface area contributed by atoms with Crippen LogP contribution in [0.25, 0.3) is 16.9 Å². The molecule has 1 fully saturated rings. The lowest BCUT2D eigenvalue weighted by Gasteiger charge is -2.25. The number of ether oxygens (including phenoxy) is 2. The Labute approximate surface area is 180 Å². The van der Waals surface area contributed by atoms with Crippen LogP contribution in [0.2, 0.25) is 0 Å². The predicted molar refractivity (Wildman–Crippen MR) is 114 cm³/mol. The molecule has 31 heavy (non-hydrogen) atoms. The third kappa shape index (κ3) is 4.46. The minimum atomic E-state index is -3.81. The Balaban J connectivity index is 1.80. The zero-order chi connectivity index (χ0) is 22.0. The van der Waals surface area contributed by atoms with Crippen LogP contribution in [0, 0.1) is 0 Å². The number of aromatic nitrogens is 2. The molecule has 0 spiro atoms. The average Bonchev–Trinajstić information content (AvgIpc) is 3.24. The quantitative estimate of drug-likeness (QED) is 0.642. The Morgan fingerprint density at radius 3 is 2.45 bits per heavy atom. The van der Waals surface area contributed by atoms with Crippen molar-refractivity contribution in [2.24, 2.45) is 5.14 Å². The van der Waals surface area contributed by atoms with Gasteiger partial charge in [-0.15, -0.1) is 0 Å². The number of nitrogens with two attached hydrogens (primary N) is 1. The number of carbonyl (C=O) groups is 1. The summed E-state index contributed by atoms with van der Waals surface area (Å²) in [5, 5.41) is 9.74. The topological polar surface area (TPSA) is 117 Å². The first-order chi connectivity index (χ1) is 14.9. The molecule has 1 amide bonds. The Morgan fingerprint density at radius 1 is 1.10 bits per heavy atom. The van der Waals surface area contributed by atoms with Crippen molar-refractivity contribution in [3.8, 4) is 22.7 Å². The third-order valence-corrected chi connectivity index (χ3v) is 5.93. The van der Waals surface area contributed by atoms with Crippen LogP contribution in [0.3, 0.4) is 0 Å². The van der Waals surface area contributed by atoms with Gasteiger partial charge < -0.3 is 14.4 Å². The summed E-state index contributed by atoms with van der Waals surface area (Å²) < 4.78 is 35.4. The number of nitrogens with zero attached hydrogens (tertiary/aromatic N) is 3. The standard InChI is InChI=1S/C21H22N4O5S/c1-29-17-4-2-3-15(13-17)20-14-19(21(26)24-9-11-30-12-10-24)23-25(20)16-5-7-18(8-6-16)31(22,27)28/h2-8,13-14H,9-12H2,1H3,(H2,22,27,28). The second-order valence-corrected chi connectivity index (χ2v) is 8.56. The van der Waals surface area contributed by atoms with Crippen molar-refractivity contribution in [3.05, 3.63) is 60.3 Å². The highest BCUT2D eigenvalue weighted by atomic mass is 32.2. The van der Waals surface area contributed by atoms with Crippen molar-refractivity contribution in [1.82, 2.24) is 14.7 Å². The third-order valence-electron chi connectivity index (χ3n) is 5.00. The van der Waals surface area contributed by atoms with Crippen LogP contribution in [0.1, 0.15) is 10.5 Å². The highest BCUT2D eigenvalue weighted by Crippen LogP contribution is 2.28. The molecule has 162 valence electrons. The molecule has 1 saturated heterocycles. The lowest BCUT2D eigenvalue weighted by Crippen LogP contribution is -2.40. The molecule has 2 N–H and O–H groups in total. The number of hydrogen-bond donors (Lipinski definition) is 1. The summed E-state index contributed by atoms with van der Waals surface area (Å²) in [5.74, 6) is 0.475. The van der Waals surface area contributed by atoms with E-state index in [9.17, 15) is 13.2 Å². The van der Waals surface area contributed by atoms with Gasteiger partial charge in [-0.2, -0.15) is 5.10 Å². The van der Waals surface area contributed by atoms with Gasteiger partial charge in [0.2, 0.25) is 10.0 Å². The molecule has 3 aromatic rings. The van der Waals surface area contributed by atoms with Gasteiger partial charge in [0.1, 0.15) is 5.75 Å². The van der Waals surface area contributed by atoms with Gasteiger partial charge in [0.05, 0.1) is 36.6 Å². The average molecular weight is 442 g/mol. The zero-order valence-corrected chi connectivity index (χ0v) is 17.7. The van der Waals surface area contributed by atoms with Gasteiger partial charge in [-0.05, 0) is 42.5 Å². The van der Waals surface area contributed by atoms with Crippen LogP contribution < -0.4 is 9.88 Å². The molecule has 1 aliphatic heterocycles. The van der Waals surface area contributed by atoms with Crippen LogP contribution in [-0.4, -0.2) is 62.4 Å². The Morgan fingerprint density at radius 2 is 1.81 bits per heavy atom. The van der Waals surface area contributed by atoms with E-state index in [-0.39, 0.29) is 16.5 Å². The summed E-state index contributed by atoms with van der Waals surface area (Å²) in [7, 11) is -2.24. The zero-order valence-electron chi connectivity index (χ0n) is 16.9. The summed E-state index contributed by atoms with van der Waals surface area (Å²) in [6, 6.07) is 15.1. The summed E-state index contributed by atoms with van der Waals surface area (Å²) in [6.07, 6.45) is 0. The van der Waals surface area contributed by atoms with Gasteiger partial charge in [-0.1, -0.05) is 12.1 Å². The van der Waals surface area contributed by atoms with E-state index in [1.54, 1.807) is 34.9 Å². The van der Waals surface area contributed by atoms with Gasteiger partial charge in [0.15, 0.2) is 5.69 Å². The first kappa shape index (κ1) is 21.0. The minimum absolute atomic E-state index is 0.00375. The normalized spacial score (nSPS) is 14.5. The van der Waals surface area contributed by atoms with E-state index in [0.717, 1.165) is 5.56 Å². The molecule has 0 bridgehead atoms. The van der Waals surface area contributed by atoms with Crippen molar-refractivity contribution in [2.75, 3.05) is 33.4 Å². The Bertz CT molecular complexity index is 1200. The summed E-state index contributed by atoms with van der Waals surface area (Å²) >= 11 is 0. The molecule has 0 unspecified atom stereocenters.